The quantitative estimate of drug-likeness (QED) is 0.676. The maximum absolute atomic E-state index is 2.29. The number of hydrogen-bond acceptors (Lipinski definition) is 2. The van der Waals surface area contributed by atoms with Crippen LogP contribution in [0.2, 0.25) is 0 Å². The van der Waals surface area contributed by atoms with Crippen molar-refractivity contribution in [3.63, 3.8) is 0 Å². The van der Waals surface area contributed by atoms with Gasteiger partial charge in [0.05, 0.1) is 0 Å². The number of hydrogen-bond donors (Lipinski definition) is 0. The minimum atomic E-state index is 1.11. The maximum Gasteiger partial charge on any atom is 0.0150 e. The molecule has 0 heterocycles. The Hall–Kier alpha value is -0.860. The minimum absolute atomic E-state index is 1.11. The van der Waals surface area contributed by atoms with Gasteiger partial charge in [0, 0.05) is 9.79 Å². The molecule has 0 aliphatic carbocycles. The molecule has 0 bridgehead atoms. The van der Waals surface area contributed by atoms with E-state index in [0.29, 0.717) is 0 Å². The summed E-state index contributed by atoms with van der Waals surface area (Å²) in [5.41, 5.74) is 4.03. The Labute approximate surface area is 118 Å². The van der Waals surface area contributed by atoms with E-state index in [-0.39, 0.29) is 0 Å². The number of thioether (sulfide) groups is 2. The Morgan fingerprint density at radius 1 is 1.00 bits per heavy atom. The van der Waals surface area contributed by atoms with Gasteiger partial charge in [0.25, 0.3) is 0 Å². The molecule has 0 unspecified atom stereocenters. The second-order valence-electron chi connectivity index (χ2n) is 4.11. The fourth-order valence-corrected chi connectivity index (χ4v) is 3.44. The van der Waals surface area contributed by atoms with Crippen LogP contribution in [0.25, 0.3) is 11.1 Å². The van der Waals surface area contributed by atoms with Gasteiger partial charge in [0.15, 0.2) is 0 Å². The van der Waals surface area contributed by atoms with Crippen LogP contribution >= 0.6 is 23.5 Å². The summed E-state index contributed by atoms with van der Waals surface area (Å²) in [6.07, 6.45) is 2.13. The van der Waals surface area contributed by atoms with Crippen molar-refractivity contribution in [3.8, 4) is 11.1 Å². The highest BCUT2D eigenvalue weighted by molar-refractivity contribution is 7.99. The van der Waals surface area contributed by atoms with Gasteiger partial charge in [-0.1, -0.05) is 37.3 Å². The van der Waals surface area contributed by atoms with Crippen molar-refractivity contribution in [2.24, 2.45) is 0 Å². The van der Waals surface area contributed by atoms with Crippen molar-refractivity contribution >= 4 is 23.5 Å². The molecule has 0 N–H and O–H groups in total. The summed E-state index contributed by atoms with van der Waals surface area (Å²) in [5, 5.41) is 0. The molecule has 0 radical (unpaired) electrons. The Bertz CT molecular complexity index is 532. The van der Waals surface area contributed by atoms with Gasteiger partial charge >= 0.3 is 0 Å². The average Bonchev–Trinajstić information content (AvgIpc) is 2.40. The van der Waals surface area contributed by atoms with Gasteiger partial charge < -0.3 is 0 Å². The van der Waals surface area contributed by atoms with E-state index in [0.717, 1.165) is 5.75 Å². The lowest BCUT2D eigenvalue weighted by atomic mass is 10.0. The van der Waals surface area contributed by atoms with E-state index in [1.807, 2.05) is 23.5 Å². The van der Waals surface area contributed by atoms with E-state index >= 15 is 0 Å². The molecule has 2 rings (SSSR count). The van der Waals surface area contributed by atoms with Crippen molar-refractivity contribution in [3.05, 3.63) is 48.0 Å². The lowest BCUT2D eigenvalue weighted by molar-refractivity contribution is 1.30. The third kappa shape index (κ3) is 2.93. The second-order valence-corrected chi connectivity index (χ2v) is 6.27. The fraction of sp³-hybridized carbons (Fsp3) is 0.250. The highest BCUT2D eigenvalue weighted by Gasteiger charge is 2.06. The monoisotopic (exact) mass is 274 g/mol. The molecule has 0 fully saturated rings. The first-order valence-electron chi connectivity index (χ1n) is 6.13. The van der Waals surface area contributed by atoms with Crippen molar-refractivity contribution in [2.45, 2.75) is 23.6 Å². The Balaban J connectivity index is 2.45. The molecule has 0 saturated heterocycles. The van der Waals surface area contributed by atoms with Gasteiger partial charge in [-0.2, -0.15) is 0 Å². The van der Waals surface area contributed by atoms with Crippen molar-refractivity contribution in [2.75, 3.05) is 12.0 Å². The maximum atomic E-state index is 2.29. The smallest absolute Gasteiger partial charge is 0.0150 e. The summed E-state index contributed by atoms with van der Waals surface area (Å²) in [6, 6.07) is 15.4. The van der Waals surface area contributed by atoms with Gasteiger partial charge in [-0.3, -0.25) is 0 Å². The zero-order valence-electron chi connectivity index (χ0n) is 11.1. The van der Waals surface area contributed by atoms with E-state index in [9.17, 15) is 0 Å². The SMILES string of the molecule is CCSc1ccccc1-c1ccc(SC)c(C)c1. The second kappa shape index (κ2) is 6.35. The van der Waals surface area contributed by atoms with Gasteiger partial charge in [-0.05, 0) is 47.8 Å². The standard InChI is InChI=1S/C16H18S2/c1-4-18-16-8-6-5-7-14(16)13-9-10-15(17-3)12(2)11-13/h5-11H,4H2,1-3H3. The zero-order chi connectivity index (χ0) is 13.0. The van der Waals surface area contributed by atoms with E-state index in [1.54, 1.807) is 0 Å². The lowest BCUT2D eigenvalue weighted by Gasteiger charge is -2.10. The van der Waals surface area contributed by atoms with Crippen LogP contribution < -0.4 is 0 Å². The van der Waals surface area contributed by atoms with Crippen LogP contribution in [-0.2, 0) is 0 Å². The summed E-state index contributed by atoms with van der Waals surface area (Å²) in [4.78, 5) is 2.73. The first-order chi connectivity index (χ1) is 8.76. The number of aryl methyl sites for hydroxylation is 1. The molecule has 0 saturated carbocycles. The van der Waals surface area contributed by atoms with Crippen molar-refractivity contribution in [1.82, 2.24) is 0 Å². The van der Waals surface area contributed by atoms with Crippen LogP contribution in [0, 0.1) is 6.92 Å². The number of benzene rings is 2. The molecule has 0 aliphatic rings. The van der Waals surface area contributed by atoms with Crippen LogP contribution in [0.4, 0.5) is 0 Å². The molecule has 0 nitrogen and oxygen atoms in total. The average molecular weight is 274 g/mol. The molecule has 0 amide bonds. The third-order valence-corrected chi connectivity index (χ3v) is 4.75. The van der Waals surface area contributed by atoms with E-state index in [4.69, 9.17) is 0 Å². The first kappa shape index (κ1) is 13.6. The molecule has 2 heteroatoms. The van der Waals surface area contributed by atoms with Crippen molar-refractivity contribution in [1.29, 1.82) is 0 Å². The highest BCUT2D eigenvalue weighted by Crippen LogP contribution is 2.33. The largest absolute Gasteiger partial charge is 0.129 e. The van der Waals surface area contributed by atoms with Gasteiger partial charge in [-0.25, -0.2) is 0 Å². The third-order valence-electron chi connectivity index (χ3n) is 2.89. The molecule has 2 aromatic carbocycles. The molecular formula is C16H18S2. The normalized spacial score (nSPS) is 10.6. The fourth-order valence-electron chi connectivity index (χ4n) is 2.03. The van der Waals surface area contributed by atoms with Crippen LogP contribution in [0.15, 0.2) is 52.3 Å². The minimum Gasteiger partial charge on any atom is -0.129 e. The van der Waals surface area contributed by atoms with E-state index < -0.39 is 0 Å². The van der Waals surface area contributed by atoms with E-state index in [2.05, 4.69) is 62.6 Å². The topological polar surface area (TPSA) is 0 Å². The van der Waals surface area contributed by atoms with Crippen LogP contribution in [0.1, 0.15) is 12.5 Å². The molecular weight excluding hydrogens is 256 g/mol. The summed E-state index contributed by atoms with van der Waals surface area (Å²) in [5.74, 6) is 1.11. The molecule has 94 valence electrons. The van der Waals surface area contributed by atoms with Crippen LogP contribution in [0.5, 0.6) is 0 Å². The zero-order valence-corrected chi connectivity index (χ0v) is 12.7. The summed E-state index contributed by atoms with van der Waals surface area (Å²) >= 11 is 3.72. The lowest BCUT2D eigenvalue weighted by Crippen LogP contribution is -1.85. The Morgan fingerprint density at radius 2 is 1.78 bits per heavy atom. The number of rotatable bonds is 4. The summed E-state index contributed by atoms with van der Waals surface area (Å²) in [6.45, 7) is 4.38. The van der Waals surface area contributed by atoms with Gasteiger partial charge in [0.1, 0.15) is 0 Å². The van der Waals surface area contributed by atoms with E-state index in [1.165, 1.54) is 26.5 Å². The van der Waals surface area contributed by atoms with Gasteiger partial charge in [0.2, 0.25) is 0 Å². The molecule has 0 spiro atoms. The van der Waals surface area contributed by atoms with Crippen LogP contribution in [-0.4, -0.2) is 12.0 Å². The Kier molecular flexibility index (Phi) is 4.79. The summed E-state index contributed by atoms with van der Waals surface area (Å²) in [7, 11) is 0. The molecule has 0 aliphatic heterocycles. The first-order valence-corrected chi connectivity index (χ1v) is 8.34. The van der Waals surface area contributed by atoms with Crippen LogP contribution in [0.3, 0.4) is 0 Å². The highest BCUT2D eigenvalue weighted by atomic mass is 32.2. The predicted octanol–water partition coefficient (Wildman–Crippen LogP) is 5.50. The summed E-state index contributed by atoms with van der Waals surface area (Å²) < 4.78 is 0. The molecule has 0 atom stereocenters. The van der Waals surface area contributed by atoms with Gasteiger partial charge in [-0.15, -0.1) is 23.5 Å². The predicted molar refractivity (Wildman–Crippen MR) is 84.8 cm³/mol. The molecule has 18 heavy (non-hydrogen) atoms. The van der Waals surface area contributed by atoms with Crippen molar-refractivity contribution < 1.29 is 0 Å². The molecule has 0 aromatic heterocycles. The Morgan fingerprint density at radius 3 is 2.44 bits per heavy atom. The molecule has 2 aromatic rings.